The Morgan fingerprint density at radius 2 is 1.22 bits per heavy atom. The summed E-state index contributed by atoms with van der Waals surface area (Å²) in [6.07, 6.45) is 7.86. The van der Waals surface area contributed by atoms with Crippen LogP contribution in [0.1, 0.15) is 30.4 Å². The highest BCUT2D eigenvalue weighted by atomic mass is 16.3. The predicted octanol–water partition coefficient (Wildman–Crippen LogP) is 12.3. The fourth-order valence-electron chi connectivity index (χ4n) is 8.04. The Morgan fingerprint density at radius 1 is 0.489 bits per heavy atom. The van der Waals surface area contributed by atoms with Gasteiger partial charge in [-0.2, -0.15) is 0 Å². The molecule has 1 aromatic heterocycles. The molecular formula is C43H29NO. The Kier molecular flexibility index (Phi) is 5.21. The van der Waals surface area contributed by atoms with Gasteiger partial charge in [0, 0.05) is 22.1 Å². The van der Waals surface area contributed by atoms with Crippen molar-refractivity contribution in [3.8, 4) is 33.4 Å². The number of allylic oxidation sites excluding steroid dienone is 4. The zero-order chi connectivity index (χ0) is 29.5. The quantitative estimate of drug-likeness (QED) is 0.195. The number of nitrogens with zero attached hydrogens (tertiary/aromatic N) is 1. The maximum atomic E-state index is 6.59. The lowest BCUT2D eigenvalue weighted by atomic mass is 9.82. The molecule has 7 aromatic rings. The Hall–Kier alpha value is -5.60. The molecule has 2 heteroatoms. The van der Waals surface area contributed by atoms with Crippen LogP contribution in [0.4, 0.5) is 17.1 Å². The van der Waals surface area contributed by atoms with Crippen molar-refractivity contribution in [2.75, 3.05) is 4.90 Å². The summed E-state index contributed by atoms with van der Waals surface area (Å²) in [7, 11) is 0. The van der Waals surface area contributed by atoms with Crippen molar-refractivity contribution >= 4 is 50.1 Å². The minimum Gasteiger partial charge on any atom is -0.454 e. The standard InChI is InChI=1S/C43H29NO/c1-3-12-27(13-4-1)44(39-22-11-21-37-31-15-7-8-23-40(31)45-43(37)39)28-24-25-30-34-18-10-19-35-36-20-9-17-33(42(36)38(30)26-28)29-14-5-2-6-16-32(29)41(34)35/h1-4,6-13,15,17-26H,5,14,16H2. The minimum atomic E-state index is 0.898. The van der Waals surface area contributed by atoms with Crippen LogP contribution in [0, 0.1) is 0 Å². The highest BCUT2D eigenvalue weighted by Crippen LogP contribution is 2.57. The van der Waals surface area contributed by atoms with E-state index in [4.69, 9.17) is 4.42 Å². The Bertz CT molecular complexity index is 2410. The number of furan rings is 1. The number of fused-ring (bicyclic) bond motifs is 6. The van der Waals surface area contributed by atoms with Crippen molar-refractivity contribution in [3.05, 3.63) is 151 Å². The van der Waals surface area contributed by atoms with E-state index in [-0.39, 0.29) is 0 Å². The van der Waals surface area contributed by atoms with Gasteiger partial charge in [0.25, 0.3) is 0 Å². The Balaban J connectivity index is 1.27. The largest absolute Gasteiger partial charge is 0.454 e. The van der Waals surface area contributed by atoms with Gasteiger partial charge in [0.2, 0.25) is 0 Å². The first-order chi connectivity index (χ1) is 22.3. The molecule has 0 saturated heterocycles. The SMILES string of the molecule is C1=CCC2=C(CC1)c1cccc3c1-c1cc(N(c4ccccc4)c4cccc5c4oc4ccccc45)ccc1-c1cccc-3c12. The number of hydrogen-bond donors (Lipinski definition) is 0. The normalized spacial score (nSPS) is 14.2. The highest BCUT2D eigenvalue weighted by molar-refractivity contribution is 6.15. The van der Waals surface area contributed by atoms with Crippen molar-refractivity contribution in [2.24, 2.45) is 0 Å². The van der Waals surface area contributed by atoms with E-state index in [1.165, 1.54) is 55.7 Å². The Labute approximate surface area is 262 Å². The molecule has 10 rings (SSSR count). The lowest BCUT2D eigenvalue weighted by Gasteiger charge is -2.28. The van der Waals surface area contributed by atoms with E-state index >= 15 is 0 Å². The summed E-state index contributed by atoms with van der Waals surface area (Å²) in [5.74, 6) is 0. The molecule has 3 aliphatic carbocycles. The lowest BCUT2D eigenvalue weighted by Crippen LogP contribution is -2.10. The first-order valence-electron chi connectivity index (χ1n) is 15.9. The number of benzene rings is 6. The number of hydrogen-bond acceptors (Lipinski definition) is 2. The molecule has 0 amide bonds. The topological polar surface area (TPSA) is 16.4 Å². The molecule has 0 aliphatic heterocycles. The molecule has 0 N–H and O–H groups in total. The second kappa shape index (κ2) is 9.45. The molecule has 6 bridgehead atoms. The molecule has 2 nitrogen and oxygen atoms in total. The molecule has 0 saturated carbocycles. The predicted molar refractivity (Wildman–Crippen MR) is 188 cm³/mol. The maximum absolute atomic E-state index is 6.59. The monoisotopic (exact) mass is 575 g/mol. The molecule has 0 radical (unpaired) electrons. The molecule has 0 fully saturated rings. The molecule has 212 valence electrons. The van der Waals surface area contributed by atoms with Crippen molar-refractivity contribution in [1.82, 2.24) is 0 Å². The van der Waals surface area contributed by atoms with Crippen LogP contribution in [-0.2, 0) is 0 Å². The van der Waals surface area contributed by atoms with Crippen molar-refractivity contribution < 1.29 is 4.42 Å². The second-order valence-corrected chi connectivity index (χ2v) is 12.3. The summed E-state index contributed by atoms with van der Waals surface area (Å²) >= 11 is 0. The molecule has 1 heterocycles. The van der Waals surface area contributed by atoms with E-state index in [1.807, 2.05) is 6.07 Å². The van der Waals surface area contributed by atoms with Crippen LogP contribution in [-0.4, -0.2) is 0 Å². The second-order valence-electron chi connectivity index (χ2n) is 12.3. The van der Waals surface area contributed by atoms with E-state index in [9.17, 15) is 0 Å². The summed E-state index contributed by atoms with van der Waals surface area (Å²) in [6.45, 7) is 0. The number of anilines is 3. The first kappa shape index (κ1) is 24.8. The fraction of sp³-hybridized carbons (Fsp3) is 0.0698. The summed E-state index contributed by atoms with van der Waals surface area (Å²) in [4.78, 5) is 2.36. The molecular weight excluding hydrogens is 546 g/mol. The van der Waals surface area contributed by atoms with Gasteiger partial charge in [0.15, 0.2) is 5.58 Å². The third-order valence-corrected chi connectivity index (χ3v) is 9.92. The average molecular weight is 576 g/mol. The van der Waals surface area contributed by atoms with Crippen LogP contribution in [0.15, 0.2) is 144 Å². The zero-order valence-electron chi connectivity index (χ0n) is 24.8. The third-order valence-electron chi connectivity index (χ3n) is 9.92. The van der Waals surface area contributed by atoms with Crippen LogP contribution in [0.3, 0.4) is 0 Å². The molecule has 0 atom stereocenters. The Morgan fingerprint density at radius 3 is 2.11 bits per heavy atom. The number of rotatable bonds is 3. The smallest absolute Gasteiger partial charge is 0.159 e. The lowest BCUT2D eigenvalue weighted by molar-refractivity contribution is 0.669. The van der Waals surface area contributed by atoms with Gasteiger partial charge in [0.1, 0.15) is 5.58 Å². The van der Waals surface area contributed by atoms with Crippen LogP contribution < -0.4 is 4.90 Å². The van der Waals surface area contributed by atoms with Gasteiger partial charge in [-0.15, -0.1) is 0 Å². The van der Waals surface area contributed by atoms with E-state index in [0.717, 1.165) is 58.3 Å². The van der Waals surface area contributed by atoms with Crippen LogP contribution >= 0.6 is 0 Å². The van der Waals surface area contributed by atoms with Gasteiger partial charge in [-0.25, -0.2) is 0 Å². The summed E-state index contributed by atoms with van der Waals surface area (Å²) in [5, 5.41) is 2.27. The minimum absolute atomic E-state index is 0.898. The molecule has 45 heavy (non-hydrogen) atoms. The average Bonchev–Trinajstić information content (AvgIpc) is 3.24. The molecule has 3 aliphatic rings. The zero-order valence-corrected chi connectivity index (χ0v) is 24.8. The summed E-state index contributed by atoms with van der Waals surface area (Å²) in [5.41, 5.74) is 18.8. The van der Waals surface area contributed by atoms with E-state index < -0.39 is 0 Å². The van der Waals surface area contributed by atoms with Crippen molar-refractivity contribution in [1.29, 1.82) is 0 Å². The van der Waals surface area contributed by atoms with Crippen molar-refractivity contribution in [2.45, 2.75) is 19.3 Å². The third kappa shape index (κ3) is 3.51. The highest BCUT2D eigenvalue weighted by Gasteiger charge is 2.32. The van der Waals surface area contributed by atoms with Crippen LogP contribution in [0.25, 0.3) is 66.5 Å². The maximum Gasteiger partial charge on any atom is 0.159 e. The van der Waals surface area contributed by atoms with Gasteiger partial charge in [-0.05, 0) is 111 Å². The summed E-state index contributed by atoms with van der Waals surface area (Å²) < 4.78 is 6.59. The van der Waals surface area contributed by atoms with Gasteiger partial charge >= 0.3 is 0 Å². The molecule has 0 unspecified atom stereocenters. The molecule has 0 spiro atoms. The van der Waals surface area contributed by atoms with E-state index in [0.29, 0.717) is 0 Å². The summed E-state index contributed by atoms with van der Waals surface area (Å²) in [6, 6.07) is 46.4. The van der Waals surface area contributed by atoms with Gasteiger partial charge in [-0.3, -0.25) is 0 Å². The van der Waals surface area contributed by atoms with E-state index in [1.54, 1.807) is 0 Å². The van der Waals surface area contributed by atoms with Crippen LogP contribution in [0.2, 0.25) is 0 Å². The van der Waals surface area contributed by atoms with Gasteiger partial charge < -0.3 is 9.32 Å². The van der Waals surface area contributed by atoms with Gasteiger partial charge in [0.05, 0.1) is 5.69 Å². The molecule has 6 aromatic carbocycles. The van der Waals surface area contributed by atoms with Crippen LogP contribution in [0.5, 0.6) is 0 Å². The van der Waals surface area contributed by atoms with E-state index in [2.05, 4.69) is 138 Å². The fourth-order valence-corrected chi connectivity index (χ4v) is 8.04. The van der Waals surface area contributed by atoms with Gasteiger partial charge in [-0.1, -0.05) is 103 Å². The number of para-hydroxylation sites is 3. The van der Waals surface area contributed by atoms with Crippen molar-refractivity contribution in [3.63, 3.8) is 0 Å². The first-order valence-corrected chi connectivity index (χ1v) is 15.9.